The summed E-state index contributed by atoms with van der Waals surface area (Å²) in [6, 6.07) is 4.05. The quantitative estimate of drug-likeness (QED) is 0.756. The summed E-state index contributed by atoms with van der Waals surface area (Å²) in [5.41, 5.74) is 0.831. The number of hydrogen-bond donors (Lipinski definition) is 1. The Morgan fingerprint density at radius 3 is 2.50 bits per heavy atom. The summed E-state index contributed by atoms with van der Waals surface area (Å²) in [5, 5.41) is 3.09. The molecule has 1 aliphatic heterocycles. The largest absolute Gasteiger partial charge is 0.357 e. The summed E-state index contributed by atoms with van der Waals surface area (Å²) in [6.07, 6.45) is 12.7. The van der Waals surface area contributed by atoms with Gasteiger partial charge in [0.25, 0.3) is 0 Å². The second kappa shape index (κ2) is 9.38. The van der Waals surface area contributed by atoms with Gasteiger partial charge in [-0.1, -0.05) is 33.1 Å². The molecule has 0 spiro atoms. The van der Waals surface area contributed by atoms with E-state index < -0.39 is 0 Å². The van der Waals surface area contributed by atoms with Crippen LogP contribution in [0.4, 0.5) is 11.5 Å². The van der Waals surface area contributed by atoms with Crippen molar-refractivity contribution in [2.45, 2.75) is 71.6 Å². The van der Waals surface area contributed by atoms with Gasteiger partial charge in [0.1, 0.15) is 5.82 Å². The lowest BCUT2D eigenvalue weighted by atomic mass is 9.79. The monoisotopic (exact) mass is 357 g/mol. The number of anilines is 2. The second-order valence-electron chi connectivity index (χ2n) is 8.42. The van der Waals surface area contributed by atoms with Crippen LogP contribution in [0, 0.1) is 17.8 Å². The van der Waals surface area contributed by atoms with Crippen molar-refractivity contribution >= 4 is 17.4 Å². The number of nitrogens with zero attached hydrogens (tertiary/aromatic N) is 2. The number of hydrogen-bond acceptors (Lipinski definition) is 3. The third-order valence-corrected chi connectivity index (χ3v) is 6.31. The summed E-state index contributed by atoms with van der Waals surface area (Å²) in [5.74, 6) is 3.05. The van der Waals surface area contributed by atoms with Gasteiger partial charge in [0, 0.05) is 19.0 Å². The van der Waals surface area contributed by atoms with Gasteiger partial charge in [-0.3, -0.25) is 4.79 Å². The molecule has 2 aliphatic rings. The van der Waals surface area contributed by atoms with Gasteiger partial charge in [-0.15, -0.1) is 0 Å². The smallest absolute Gasteiger partial charge is 0.227 e. The fourth-order valence-corrected chi connectivity index (χ4v) is 4.34. The molecule has 0 bridgehead atoms. The summed E-state index contributed by atoms with van der Waals surface area (Å²) in [4.78, 5) is 19.5. The second-order valence-corrected chi connectivity index (χ2v) is 8.42. The number of amides is 1. The van der Waals surface area contributed by atoms with Crippen molar-refractivity contribution in [1.82, 2.24) is 4.98 Å². The highest BCUT2D eigenvalue weighted by molar-refractivity contribution is 5.92. The normalized spacial score (nSPS) is 24.5. The molecular weight excluding hydrogens is 322 g/mol. The van der Waals surface area contributed by atoms with Gasteiger partial charge in [0.2, 0.25) is 5.91 Å². The highest BCUT2D eigenvalue weighted by Crippen LogP contribution is 2.32. The molecule has 4 nitrogen and oxygen atoms in total. The van der Waals surface area contributed by atoms with Crippen LogP contribution in [-0.4, -0.2) is 24.0 Å². The molecule has 1 aliphatic carbocycles. The standard InChI is InChI=1S/C22H35N3O/c1-3-4-5-18-6-8-19(9-7-18)22(26)24-20-10-11-21(23-16-20)25-14-12-17(2)13-15-25/h10-11,16-19H,3-9,12-15H2,1-2H3,(H,24,26). The van der Waals surface area contributed by atoms with E-state index in [1.165, 1.54) is 44.9 Å². The molecule has 0 radical (unpaired) electrons. The van der Waals surface area contributed by atoms with Crippen LogP contribution in [-0.2, 0) is 4.79 Å². The van der Waals surface area contributed by atoms with E-state index in [1.807, 2.05) is 18.3 Å². The summed E-state index contributed by atoms with van der Waals surface area (Å²) in [6.45, 7) is 6.74. The van der Waals surface area contributed by atoms with Crippen molar-refractivity contribution in [3.63, 3.8) is 0 Å². The van der Waals surface area contributed by atoms with E-state index in [1.54, 1.807) is 0 Å². The Balaban J connectivity index is 1.46. The molecule has 1 aromatic heterocycles. The summed E-state index contributed by atoms with van der Waals surface area (Å²) >= 11 is 0. The number of carbonyl (C=O) groups is 1. The van der Waals surface area contributed by atoms with Crippen LogP contribution in [0.3, 0.4) is 0 Å². The van der Waals surface area contributed by atoms with Gasteiger partial charge in [-0.2, -0.15) is 0 Å². The third-order valence-electron chi connectivity index (χ3n) is 6.31. The number of nitrogens with one attached hydrogen (secondary N) is 1. The Bertz CT molecular complexity index is 555. The van der Waals surface area contributed by atoms with E-state index in [2.05, 4.69) is 29.0 Å². The number of unbranched alkanes of at least 4 members (excludes halogenated alkanes) is 1. The number of pyridine rings is 1. The molecule has 4 heteroatoms. The number of carbonyl (C=O) groups excluding carboxylic acids is 1. The Labute approximate surface area is 158 Å². The zero-order chi connectivity index (χ0) is 18.4. The summed E-state index contributed by atoms with van der Waals surface area (Å²) in [7, 11) is 0. The minimum absolute atomic E-state index is 0.177. The Morgan fingerprint density at radius 1 is 1.15 bits per heavy atom. The van der Waals surface area contributed by atoms with Crippen LogP contribution in [0.5, 0.6) is 0 Å². The number of aromatic nitrogens is 1. The molecule has 0 unspecified atom stereocenters. The minimum atomic E-state index is 0.177. The predicted octanol–water partition coefficient (Wildman–Crippen LogP) is 5.25. The van der Waals surface area contributed by atoms with Gasteiger partial charge in [0.15, 0.2) is 0 Å². The van der Waals surface area contributed by atoms with Crippen molar-refractivity contribution in [2.75, 3.05) is 23.3 Å². The Hall–Kier alpha value is -1.58. The molecule has 144 valence electrons. The first-order valence-corrected chi connectivity index (χ1v) is 10.7. The molecular formula is C22H35N3O. The lowest BCUT2D eigenvalue weighted by Gasteiger charge is -2.31. The average molecular weight is 358 g/mol. The van der Waals surface area contributed by atoms with Crippen molar-refractivity contribution in [3.05, 3.63) is 18.3 Å². The van der Waals surface area contributed by atoms with Crippen molar-refractivity contribution in [1.29, 1.82) is 0 Å². The van der Waals surface area contributed by atoms with Crippen molar-refractivity contribution in [3.8, 4) is 0 Å². The lowest BCUT2D eigenvalue weighted by Crippen LogP contribution is -2.33. The Morgan fingerprint density at radius 2 is 1.88 bits per heavy atom. The molecule has 2 fully saturated rings. The van der Waals surface area contributed by atoms with Crippen LogP contribution < -0.4 is 10.2 Å². The highest BCUT2D eigenvalue weighted by atomic mass is 16.1. The maximum atomic E-state index is 12.6. The minimum Gasteiger partial charge on any atom is -0.357 e. The first kappa shape index (κ1) is 19.2. The fraction of sp³-hybridized carbons (Fsp3) is 0.727. The highest BCUT2D eigenvalue weighted by Gasteiger charge is 2.26. The van der Waals surface area contributed by atoms with Crippen molar-refractivity contribution < 1.29 is 4.79 Å². The maximum Gasteiger partial charge on any atom is 0.227 e. The first-order chi connectivity index (χ1) is 12.7. The van der Waals surface area contributed by atoms with Crippen LogP contribution in [0.1, 0.15) is 71.6 Å². The van der Waals surface area contributed by atoms with Crippen LogP contribution in [0.2, 0.25) is 0 Å². The fourth-order valence-electron chi connectivity index (χ4n) is 4.34. The molecule has 1 saturated heterocycles. The molecule has 2 heterocycles. The molecule has 26 heavy (non-hydrogen) atoms. The lowest BCUT2D eigenvalue weighted by molar-refractivity contribution is -0.121. The van der Waals surface area contributed by atoms with E-state index in [0.29, 0.717) is 0 Å². The topological polar surface area (TPSA) is 45.2 Å². The van der Waals surface area contributed by atoms with Crippen LogP contribution in [0.15, 0.2) is 18.3 Å². The molecule has 1 saturated carbocycles. The first-order valence-electron chi connectivity index (χ1n) is 10.7. The van der Waals surface area contributed by atoms with E-state index in [4.69, 9.17) is 0 Å². The van der Waals surface area contributed by atoms with Gasteiger partial charge >= 0.3 is 0 Å². The molecule has 1 amide bonds. The van der Waals surface area contributed by atoms with Crippen LogP contribution in [0.25, 0.3) is 0 Å². The zero-order valence-electron chi connectivity index (χ0n) is 16.5. The van der Waals surface area contributed by atoms with E-state index in [-0.39, 0.29) is 11.8 Å². The van der Waals surface area contributed by atoms with E-state index in [0.717, 1.165) is 49.3 Å². The molecule has 0 atom stereocenters. The average Bonchev–Trinajstić information content (AvgIpc) is 2.68. The SMILES string of the molecule is CCCCC1CCC(C(=O)Nc2ccc(N3CCC(C)CC3)nc2)CC1. The van der Waals surface area contributed by atoms with Gasteiger partial charge in [-0.25, -0.2) is 4.98 Å². The number of rotatable bonds is 6. The van der Waals surface area contributed by atoms with E-state index in [9.17, 15) is 4.79 Å². The predicted molar refractivity (Wildman–Crippen MR) is 108 cm³/mol. The number of piperidine rings is 1. The van der Waals surface area contributed by atoms with Crippen molar-refractivity contribution in [2.24, 2.45) is 17.8 Å². The zero-order valence-corrected chi connectivity index (χ0v) is 16.5. The van der Waals surface area contributed by atoms with Crippen LogP contribution >= 0.6 is 0 Å². The maximum absolute atomic E-state index is 12.6. The molecule has 3 rings (SSSR count). The summed E-state index contributed by atoms with van der Waals surface area (Å²) < 4.78 is 0. The van der Waals surface area contributed by atoms with Gasteiger partial charge in [-0.05, 0) is 62.5 Å². The molecule has 0 aromatic carbocycles. The van der Waals surface area contributed by atoms with Gasteiger partial charge < -0.3 is 10.2 Å². The Kier molecular flexibility index (Phi) is 6.93. The third kappa shape index (κ3) is 5.21. The van der Waals surface area contributed by atoms with E-state index >= 15 is 0 Å². The molecule has 1 aromatic rings. The molecule has 1 N–H and O–H groups in total. The van der Waals surface area contributed by atoms with Gasteiger partial charge in [0.05, 0.1) is 11.9 Å².